The first-order chi connectivity index (χ1) is 13.2. The highest BCUT2D eigenvalue weighted by Gasteiger charge is 2.18. The van der Waals surface area contributed by atoms with Gasteiger partial charge < -0.3 is 14.8 Å². The largest absolute Gasteiger partial charge is 0.496 e. The van der Waals surface area contributed by atoms with Crippen LogP contribution < -0.4 is 15.4 Å². The maximum atomic E-state index is 13.6. The summed E-state index contributed by atoms with van der Waals surface area (Å²) in [6.45, 7) is 5.20. The van der Waals surface area contributed by atoms with Crippen LogP contribution in [0.1, 0.15) is 32.8 Å². The topological polar surface area (TPSA) is 76.7 Å². The highest BCUT2D eigenvalue weighted by Crippen LogP contribution is 2.25. The first-order valence-corrected chi connectivity index (χ1v) is 8.89. The lowest BCUT2D eigenvalue weighted by Gasteiger charge is -2.20. The van der Waals surface area contributed by atoms with Crippen molar-refractivity contribution in [3.8, 4) is 5.75 Å². The molecule has 2 amide bonds. The van der Waals surface area contributed by atoms with Gasteiger partial charge in [-0.05, 0) is 57.0 Å². The third-order valence-electron chi connectivity index (χ3n) is 3.71. The zero-order valence-electron chi connectivity index (χ0n) is 16.5. The number of hydrogen-bond acceptors (Lipinski definition) is 4. The fourth-order valence-corrected chi connectivity index (χ4v) is 2.51. The van der Waals surface area contributed by atoms with Crippen LogP contribution in [0.3, 0.4) is 0 Å². The number of rotatable bonds is 6. The van der Waals surface area contributed by atoms with E-state index in [0.717, 1.165) is 11.6 Å². The van der Waals surface area contributed by atoms with Crippen LogP contribution in [0.2, 0.25) is 0 Å². The summed E-state index contributed by atoms with van der Waals surface area (Å²) in [5, 5.41) is 5.17. The van der Waals surface area contributed by atoms with Gasteiger partial charge in [-0.2, -0.15) is 0 Å². The molecule has 0 radical (unpaired) electrons. The Morgan fingerprint density at radius 1 is 1.04 bits per heavy atom. The minimum atomic E-state index is -0.691. The molecule has 0 aromatic heterocycles. The fourth-order valence-electron chi connectivity index (χ4n) is 2.51. The van der Waals surface area contributed by atoms with Gasteiger partial charge in [-0.25, -0.2) is 9.18 Å². The monoisotopic (exact) mass is 388 g/mol. The second kappa shape index (κ2) is 9.21. The Bertz CT molecular complexity index is 847. The Morgan fingerprint density at radius 3 is 2.43 bits per heavy atom. The summed E-state index contributed by atoms with van der Waals surface area (Å²) in [6.07, 6.45) is -0.0634. The van der Waals surface area contributed by atoms with E-state index in [9.17, 15) is 14.0 Å². The van der Waals surface area contributed by atoms with Gasteiger partial charge in [0.1, 0.15) is 17.2 Å². The molecule has 0 spiro atoms. The van der Waals surface area contributed by atoms with Crippen LogP contribution in [0.5, 0.6) is 5.75 Å². The predicted molar refractivity (Wildman–Crippen MR) is 106 cm³/mol. The zero-order valence-corrected chi connectivity index (χ0v) is 16.5. The molecule has 2 aromatic rings. The van der Waals surface area contributed by atoms with Crippen LogP contribution in [-0.4, -0.2) is 24.7 Å². The number of aryl methyl sites for hydroxylation is 1. The second-order valence-electron chi connectivity index (χ2n) is 7.18. The van der Waals surface area contributed by atoms with E-state index in [1.807, 2.05) is 24.3 Å². The average molecular weight is 388 g/mol. The first kappa shape index (κ1) is 21.2. The van der Waals surface area contributed by atoms with E-state index in [1.54, 1.807) is 27.9 Å². The summed E-state index contributed by atoms with van der Waals surface area (Å²) in [7, 11) is 1.57. The van der Waals surface area contributed by atoms with Gasteiger partial charge in [0, 0.05) is 6.42 Å². The Kier molecular flexibility index (Phi) is 6.98. The van der Waals surface area contributed by atoms with Gasteiger partial charge >= 0.3 is 6.09 Å². The van der Waals surface area contributed by atoms with Crippen LogP contribution >= 0.6 is 0 Å². The van der Waals surface area contributed by atoms with E-state index in [0.29, 0.717) is 12.2 Å². The summed E-state index contributed by atoms with van der Waals surface area (Å²) < 4.78 is 24.1. The number of anilines is 2. The van der Waals surface area contributed by atoms with Crippen molar-refractivity contribution in [2.24, 2.45) is 0 Å². The molecule has 2 aromatic carbocycles. The molecule has 7 heteroatoms. The number of ether oxygens (including phenoxy) is 2. The molecule has 0 saturated carbocycles. The van der Waals surface area contributed by atoms with Gasteiger partial charge in [0.25, 0.3) is 0 Å². The molecule has 0 saturated heterocycles. The third kappa shape index (κ3) is 6.57. The molecule has 0 heterocycles. The van der Waals surface area contributed by atoms with E-state index >= 15 is 0 Å². The number of methoxy groups -OCH3 is 1. The number of carbonyl (C=O) groups excluding carboxylic acids is 2. The van der Waals surface area contributed by atoms with E-state index in [-0.39, 0.29) is 23.7 Å². The quantitative estimate of drug-likeness (QED) is 0.748. The van der Waals surface area contributed by atoms with Crippen molar-refractivity contribution < 1.29 is 23.5 Å². The van der Waals surface area contributed by atoms with E-state index in [4.69, 9.17) is 9.47 Å². The second-order valence-corrected chi connectivity index (χ2v) is 7.18. The molecule has 0 aliphatic carbocycles. The summed E-state index contributed by atoms with van der Waals surface area (Å²) >= 11 is 0. The lowest BCUT2D eigenvalue weighted by atomic mass is 10.1. The number of hydrogen-bond donors (Lipinski definition) is 2. The number of para-hydroxylation sites is 1. The SMILES string of the molecule is COc1ccccc1CCC(=O)Nc1cc(F)ccc1NC(=O)OC(C)(C)C. The van der Waals surface area contributed by atoms with Gasteiger partial charge in [0.05, 0.1) is 18.5 Å². The molecule has 2 rings (SSSR count). The Labute approximate surface area is 164 Å². The van der Waals surface area contributed by atoms with E-state index < -0.39 is 17.5 Å². The first-order valence-electron chi connectivity index (χ1n) is 8.89. The van der Waals surface area contributed by atoms with Gasteiger partial charge in [-0.1, -0.05) is 18.2 Å². The third-order valence-corrected chi connectivity index (χ3v) is 3.71. The lowest BCUT2D eigenvalue weighted by Crippen LogP contribution is -2.27. The summed E-state index contributed by atoms with van der Waals surface area (Å²) in [5.74, 6) is -0.146. The highest BCUT2D eigenvalue weighted by atomic mass is 19.1. The summed E-state index contributed by atoms with van der Waals surface area (Å²) in [4.78, 5) is 24.3. The molecular formula is C21H25FN2O4. The van der Waals surface area contributed by atoms with E-state index in [1.165, 1.54) is 12.1 Å². The number of benzene rings is 2. The van der Waals surface area contributed by atoms with Crippen molar-refractivity contribution in [2.75, 3.05) is 17.7 Å². The van der Waals surface area contributed by atoms with Crippen molar-refractivity contribution in [2.45, 2.75) is 39.2 Å². The van der Waals surface area contributed by atoms with E-state index in [2.05, 4.69) is 10.6 Å². The van der Waals surface area contributed by atoms with Crippen LogP contribution in [0.4, 0.5) is 20.6 Å². The molecule has 6 nitrogen and oxygen atoms in total. The zero-order chi connectivity index (χ0) is 20.7. The fraction of sp³-hybridized carbons (Fsp3) is 0.333. The Hall–Kier alpha value is -3.09. The molecule has 0 unspecified atom stereocenters. The summed E-state index contributed by atoms with van der Waals surface area (Å²) in [5.41, 5.74) is 0.631. The highest BCUT2D eigenvalue weighted by molar-refractivity contribution is 5.97. The standard InChI is InChI=1S/C21H25FN2O4/c1-21(2,3)28-20(26)24-16-11-10-15(22)13-17(16)23-19(25)12-9-14-7-5-6-8-18(14)27-4/h5-8,10-11,13H,9,12H2,1-4H3,(H,23,25)(H,24,26). The number of amides is 2. The molecule has 28 heavy (non-hydrogen) atoms. The molecule has 0 atom stereocenters. The maximum Gasteiger partial charge on any atom is 0.412 e. The number of nitrogens with one attached hydrogen (secondary N) is 2. The molecule has 0 aliphatic rings. The van der Waals surface area contributed by atoms with Crippen molar-refractivity contribution in [3.05, 3.63) is 53.8 Å². The Balaban J connectivity index is 2.05. The van der Waals surface area contributed by atoms with Crippen LogP contribution in [0, 0.1) is 5.82 Å². The Morgan fingerprint density at radius 2 is 1.75 bits per heavy atom. The van der Waals surface area contributed by atoms with Gasteiger partial charge in [-0.15, -0.1) is 0 Å². The average Bonchev–Trinajstić information content (AvgIpc) is 2.61. The minimum absolute atomic E-state index is 0.163. The number of carbonyl (C=O) groups is 2. The molecule has 0 fully saturated rings. The summed E-state index contributed by atoms with van der Waals surface area (Å²) in [6, 6.07) is 11.1. The van der Waals surface area contributed by atoms with Crippen molar-refractivity contribution in [1.82, 2.24) is 0 Å². The molecular weight excluding hydrogens is 363 g/mol. The van der Waals surface area contributed by atoms with Crippen LogP contribution in [0.15, 0.2) is 42.5 Å². The predicted octanol–water partition coefficient (Wildman–Crippen LogP) is 4.75. The van der Waals surface area contributed by atoms with Crippen LogP contribution in [0.25, 0.3) is 0 Å². The minimum Gasteiger partial charge on any atom is -0.496 e. The van der Waals surface area contributed by atoms with Gasteiger partial charge in [-0.3, -0.25) is 10.1 Å². The molecule has 150 valence electrons. The smallest absolute Gasteiger partial charge is 0.412 e. The van der Waals surface area contributed by atoms with Crippen molar-refractivity contribution in [3.63, 3.8) is 0 Å². The van der Waals surface area contributed by atoms with Crippen molar-refractivity contribution >= 4 is 23.4 Å². The molecule has 2 N–H and O–H groups in total. The van der Waals surface area contributed by atoms with Crippen molar-refractivity contribution in [1.29, 1.82) is 0 Å². The van der Waals surface area contributed by atoms with Gasteiger partial charge in [0.2, 0.25) is 5.91 Å². The normalized spacial score (nSPS) is 10.9. The molecule has 0 bridgehead atoms. The molecule has 0 aliphatic heterocycles. The van der Waals surface area contributed by atoms with Gasteiger partial charge in [0.15, 0.2) is 0 Å². The lowest BCUT2D eigenvalue weighted by molar-refractivity contribution is -0.116. The van der Waals surface area contributed by atoms with Crippen LogP contribution in [-0.2, 0) is 16.0 Å². The maximum absolute atomic E-state index is 13.6. The number of halogens is 1.